The molecule has 1 aliphatic heterocycles. The zero-order valence-electron chi connectivity index (χ0n) is 12.9. The Morgan fingerprint density at radius 2 is 2.39 bits per heavy atom. The molecule has 2 aromatic heterocycles. The Balaban J connectivity index is 1.62. The van der Waals surface area contributed by atoms with Crippen LogP contribution in [0.5, 0.6) is 0 Å². The molecule has 0 unspecified atom stereocenters. The lowest BCUT2D eigenvalue weighted by Crippen LogP contribution is -2.46. The Morgan fingerprint density at radius 3 is 3.09 bits per heavy atom. The van der Waals surface area contributed by atoms with Crippen molar-refractivity contribution >= 4 is 23.3 Å². The molecule has 2 aromatic rings. The van der Waals surface area contributed by atoms with E-state index < -0.39 is 0 Å². The highest BCUT2D eigenvalue weighted by Crippen LogP contribution is 2.22. The van der Waals surface area contributed by atoms with Gasteiger partial charge >= 0.3 is 0 Å². The number of anilines is 1. The molecule has 0 spiro atoms. The molecule has 0 saturated carbocycles. The number of likely N-dealkylation sites (tertiary alicyclic amines) is 1. The van der Waals surface area contributed by atoms with Crippen molar-refractivity contribution < 1.29 is 4.79 Å². The quantitative estimate of drug-likeness (QED) is 0.902. The van der Waals surface area contributed by atoms with Crippen LogP contribution >= 0.6 is 11.6 Å². The van der Waals surface area contributed by atoms with Gasteiger partial charge in [-0.05, 0) is 38.4 Å². The number of aromatic nitrogens is 4. The van der Waals surface area contributed by atoms with Gasteiger partial charge in [0, 0.05) is 12.2 Å². The van der Waals surface area contributed by atoms with Crippen LogP contribution in [0.1, 0.15) is 19.8 Å². The molecule has 23 heavy (non-hydrogen) atoms. The number of amides is 1. The second-order valence-electron chi connectivity index (χ2n) is 5.68. The normalized spacial score (nSPS) is 19.7. The first-order chi connectivity index (χ1) is 11.1. The number of pyridine rings is 1. The van der Waals surface area contributed by atoms with E-state index in [1.54, 1.807) is 18.5 Å². The maximum atomic E-state index is 12.5. The number of hydrogen-bond donors (Lipinski definition) is 1. The summed E-state index contributed by atoms with van der Waals surface area (Å²) in [5, 5.41) is 7.54. The highest BCUT2D eigenvalue weighted by molar-refractivity contribution is 6.30. The Kier molecular flexibility index (Phi) is 4.88. The summed E-state index contributed by atoms with van der Waals surface area (Å²) in [5.41, 5.74) is 0. The summed E-state index contributed by atoms with van der Waals surface area (Å²) in [7, 11) is 0. The van der Waals surface area contributed by atoms with Crippen molar-refractivity contribution in [3.05, 3.63) is 36.0 Å². The first-order valence-corrected chi connectivity index (χ1v) is 8.02. The van der Waals surface area contributed by atoms with Crippen LogP contribution in [0.4, 0.5) is 5.82 Å². The van der Waals surface area contributed by atoms with Gasteiger partial charge in [0.05, 0.1) is 17.6 Å². The third-order valence-corrected chi connectivity index (χ3v) is 4.37. The smallest absolute Gasteiger partial charge is 0.242 e. The van der Waals surface area contributed by atoms with Crippen LogP contribution in [0, 0.1) is 0 Å². The maximum absolute atomic E-state index is 12.5. The molecule has 1 amide bonds. The predicted molar refractivity (Wildman–Crippen MR) is 87.1 cm³/mol. The standard InChI is InChI=1S/C15H19ClN6O/c1-11(15(23)20-14-5-4-12(16)7-18-14)22-6-2-3-13(22)8-21-10-17-9-19-21/h4-5,7,9-11,13H,2-3,6,8H2,1H3,(H,18,20,23)/t11-,13-/m1/s1. The van der Waals surface area contributed by atoms with Crippen molar-refractivity contribution in [2.45, 2.75) is 38.4 Å². The van der Waals surface area contributed by atoms with E-state index in [9.17, 15) is 4.79 Å². The van der Waals surface area contributed by atoms with Gasteiger partial charge in [-0.15, -0.1) is 0 Å². The Bertz CT molecular complexity index is 644. The van der Waals surface area contributed by atoms with Gasteiger partial charge in [0.25, 0.3) is 0 Å². The van der Waals surface area contributed by atoms with Gasteiger partial charge in [0.2, 0.25) is 5.91 Å². The van der Waals surface area contributed by atoms with E-state index in [1.165, 1.54) is 12.5 Å². The fraction of sp³-hybridized carbons (Fsp3) is 0.467. The van der Waals surface area contributed by atoms with Crippen molar-refractivity contribution in [2.75, 3.05) is 11.9 Å². The van der Waals surface area contributed by atoms with Gasteiger partial charge in [-0.3, -0.25) is 14.4 Å². The number of rotatable bonds is 5. The number of nitrogens with zero attached hydrogens (tertiary/aromatic N) is 5. The third kappa shape index (κ3) is 3.86. The topological polar surface area (TPSA) is 75.9 Å². The molecule has 122 valence electrons. The van der Waals surface area contributed by atoms with E-state index in [-0.39, 0.29) is 18.0 Å². The van der Waals surface area contributed by atoms with Crippen LogP contribution in [0.3, 0.4) is 0 Å². The van der Waals surface area contributed by atoms with Crippen LogP contribution in [0.25, 0.3) is 0 Å². The minimum absolute atomic E-state index is 0.0645. The summed E-state index contributed by atoms with van der Waals surface area (Å²) in [4.78, 5) is 22.8. The third-order valence-electron chi connectivity index (χ3n) is 4.14. The predicted octanol–water partition coefficient (Wildman–Crippen LogP) is 1.82. The number of carbonyl (C=O) groups is 1. The number of hydrogen-bond acceptors (Lipinski definition) is 5. The lowest BCUT2D eigenvalue weighted by molar-refractivity contribution is -0.121. The Labute approximate surface area is 139 Å². The van der Waals surface area contributed by atoms with Crippen LogP contribution in [-0.4, -0.2) is 49.2 Å². The molecule has 2 atom stereocenters. The zero-order chi connectivity index (χ0) is 16.2. The fourth-order valence-corrected chi connectivity index (χ4v) is 3.05. The van der Waals surface area contributed by atoms with Crippen LogP contribution in [-0.2, 0) is 11.3 Å². The van der Waals surface area contributed by atoms with Gasteiger partial charge in [-0.1, -0.05) is 11.6 Å². The first-order valence-electron chi connectivity index (χ1n) is 7.64. The monoisotopic (exact) mass is 334 g/mol. The van der Waals surface area contributed by atoms with Crippen LogP contribution in [0.2, 0.25) is 5.02 Å². The highest BCUT2D eigenvalue weighted by atomic mass is 35.5. The molecular weight excluding hydrogens is 316 g/mol. The summed E-state index contributed by atoms with van der Waals surface area (Å²) in [6.07, 6.45) is 6.89. The van der Waals surface area contributed by atoms with E-state index >= 15 is 0 Å². The molecular formula is C15H19ClN6O. The maximum Gasteiger partial charge on any atom is 0.242 e. The zero-order valence-corrected chi connectivity index (χ0v) is 13.6. The van der Waals surface area contributed by atoms with Gasteiger partial charge in [-0.25, -0.2) is 9.97 Å². The van der Waals surface area contributed by atoms with E-state index in [0.717, 1.165) is 25.9 Å². The van der Waals surface area contributed by atoms with E-state index in [2.05, 4.69) is 25.3 Å². The SMILES string of the molecule is C[C@H](C(=O)Nc1ccc(Cl)cn1)N1CCC[C@@H]1Cn1cncn1. The Hall–Kier alpha value is -1.99. The molecule has 1 N–H and O–H groups in total. The van der Waals surface area contributed by atoms with Gasteiger partial charge in [0.15, 0.2) is 0 Å². The molecule has 1 fully saturated rings. The number of nitrogens with one attached hydrogen (secondary N) is 1. The van der Waals surface area contributed by atoms with E-state index in [1.807, 2.05) is 11.6 Å². The Morgan fingerprint density at radius 1 is 1.52 bits per heavy atom. The summed E-state index contributed by atoms with van der Waals surface area (Å²) in [6.45, 7) is 3.57. The van der Waals surface area contributed by atoms with Crippen molar-refractivity contribution in [1.82, 2.24) is 24.6 Å². The molecule has 0 aromatic carbocycles. The summed E-state index contributed by atoms with van der Waals surface area (Å²) in [6, 6.07) is 3.46. The van der Waals surface area contributed by atoms with E-state index in [4.69, 9.17) is 11.6 Å². The van der Waals surface area contributed by atoms with Crippen LogP contribution < -0.4 is 5.32 Å². The van der Waals surface area contributed by atoms with Crippen molar-refractivity contribution in [2.24, 2.45) is 0 Å². The van der Waals surface area contributed by atoms with E-state index in [0.29, 0.717) is 10.8 Å². The molecule has 0 radical (unpaired) electrons. The highest BCUT2D eigenvalue weighted by Gasteiger charge is 2.32. The van der Waals surface area contributed by atoms with Crippen molar-refractivity contribution in [1.29, 1.82) is 0 Å². The van der Waals surface area contributed by atoms with Crippen LogP contribution in [0.15, 0.2) is 31.0 Å². The van der Waals surface area contributed by atoms with Gasteiger partial charge in [0.1, 0.15) is 18.5 Å². The lowest BCUT2D eigenvalue weighted by Gasteiger charge is -2.29. The average molecular weight is 335 g/mol. The lowest BCUT2D eigenvalue weighted by atomic mass is 10.2. The number of halogens is 1. The summed E-state index contributed by atoms with van der Waals surface area (Å²) in [5.74, 6) is 0.448. The minimum atomic E-state index is -0.233. The summed E-state index contributed by atoms with van der Waals surface area (Å²) < 4.78 is 1.81. The molecule has 8 heteroatoms. The second-order valence-corrected chi connectivity index (χ2v) is 6.11. The molecule has 0 aliphatic carbocycles. The molecule has 3 rings (SSSR count). The van der Waals surface area contributed by atoms with Gasteiger partial charge in [-0.2, -0.15) is 5.10 Å². The average Bonchev–Trinajstić information content (AvgIpc) is 3.21. The molecule has 1 saturated heterocycles. The largest absolute Gasteiger partial charge is 0.309 e. The molecule has 3 heterocycles. The van der Waals surface area contributed by atoms with Gasteiger partial charge < -0.3 is 5.32 Å². The van der Waals surface area contributed by atoms with Crippen molar-refractivity contribution in [3.8, 4) is 0 Å². The second kappa shape index (κ2) is 7.06. The number of carbonyl (C=O) groups excluding carboxylic acids is 1. The minimum Gasteiger partial charge on any atom is -0.309 e. The summed E-state index contributed by atoms with van der Waals surface area (Å²) >= 11 is 5.80. The van der Waals surface area contributed by atoms with Crippen molar-refractivity contribution in [3.63, 3.8) is 0 Å². The fourth-order valence-electron chi connectivity index (χ4n) is 2.94. The molecule has 1 aliphatic rings. The molecule has 7 nitrogen and oxygen atoms in total. The first kappa shape index (κ1) is 15.9. The molecule has 0 bridgehead atoms.